The van der Waals surface area contributed by atoms with E-state index in [0.29, 0.717) is 23.6 Å². The van der Waals surface area contributed by atoms with Crippen LogP contribution in [0.1, 0.15) is 25.7 Å². The highest BCUT2D eigenvalue weighted by Gasteiger charge is 2.30. The molecule has 2 aliphatic rings. The molecule has 0 atom stereocenters. The highest BCUT2D eigenvalue weighted by molar-refractivity contribution is 5.79. The van der Waals surface area contributed by atoms with Gasteiger partial charge in [-0.25, -0.2) is 0 Å². The van der Waals surface area contributed by atoms with Crippen molar-refractivity contribution in [2.75, 3.05) is 45.3 Å². The minimum Gasteiger partial charge on any atom is -0.481 e. The summed E-state index contributed by atoms with van der Waals surface area (Å²) in [5.41, 5.74) is 0. The maximum absolute atomic E-state index is 12.4. The third-order valence-corrected chi connectivity index (χ3v) is 4.63. The van der Waals surface area contributed by atoms with Crippen LogP contribution < -0.4 is 14.4 Å². The number of carbonyl (C=O) groups is 1. The molecule has 126 valence electrons. The molecule has 0 radical (unpaired) electrons. The molecule has 2 fully saturated rings. The highest BCUT2D eigenvalue weighted by Crippen LogP contribution is 2.29. The van der Waals surface area contributed by atoms with E-state index in [9.17, 15) is 4.79 Å². The number of carbonyl (C=O) groups excluding carboxylic acids is 1. The molecule has 1 amide bonds. The summed E-state index contributed by atoms with van der Waals surface area (Å²) < 4.78 is 10.4. The molecule has 0 N–H and O–H groups in total. The summed E-state index contributed by atoms with van der Waals surface area (Å²) in [7, 11) is 3.15. The Labute approximate surface area is 136 Å². The second-order valence-corrected chi connectivity index (χ2v) is 6.05. The Morgan fingerprint density at radius 2 is 1.74 bits per heavy atom. The second kappa shape index (κ2) is 7.02. The first kappa shape index (κ1) is 15.8. The monoisotopic (exact) mass is 320 g/mol. The smallest absolute Gasteiger partial charge is 0.232 e. The van der Waals surface area contributed by atoms with Gasteiger partial charge in [0.15, 0.2) is 0 Å². The van der Waals surface area contributed by atoms with Crippen molar-refractivity contribution in [3.8, 4) is 11.8 Å². The number of anilines is 1. The number of hydrogen-bond donors (Lipinski definition) is 0. The molecule has 1 aromatic heterocycles. The van der Waals surface area contributed by atoms with Crippen molar-refractivity contribution < 1.29 is 14.3 Å². The quantitative estimate of drug-likeness (QED) is 0.834. The lowest BCUT2D eigenvalue weighted by Gasteiger charge is -2.31. The molecule has 3 rings (SSSR count). The number of aromatic nitrogens is 2. The van der Waals surface area contributed by atoms with Crippen molar-refractivity contribution >= 4 is 11.9 Å². The first-order chi connectivity index (χ1) is 11.2. The molecule has 1 aliphatic carbocycles. The van der Waals surface area contributed by atoms with E-state index in [1.165, 1.54) is 6.42 Å². The summed E-state index contributed by atoms with van der Waals surface area (Å²) in [6.45, 7) is 3.09. The standard InChI is InChI=1S/C16H24N4O3/c1-22-13-11-14(23-2)18-16(17-13)20-8-4-7-19(9-10-20)15(21)12-5-3-6-12/h11-12H,3-10H2,1-2H3. The Morgan fingerprint density at radius 1 is 1.04 bits per heavy atom. The van der Waals surface area contributed by atoms with E-state index in [4.69, 9.17) is 9.47 Å². The van der Waals surface area contributed by atoms with Crippen LogP contribution in [-0.2, 0) is 4.79 Å². The SMILES string of the molecule is COc1cc(OC)nc(N2CCCN(C(=O)C3CCC3)CC2)n1. The van der Waals surface area contributed by atoms with Crippen LogP contribution in [0.3, 0.4) is 0 Å². The Kier molecular flexibility index (Phi) is 4.83. The third kappa shape index (κ3) is 3.48. The molecular formula is C16H24N4O3. The van der Waals surface area contributed by atoms with E-state index < -0.39 is 0 Å². The molecule has 7 nitrogen and oxygen atoms in total. The lowest BCUT2D eigenvalue weighted by Crippen LogP contribution is -2.41. The van der Waals surface area contributed by atoms with Gasteiger partial charge in [-0.2, -0.15) is 9.97 Å². The lowest BCUT2D eigenvalue weighted by molar-refractivity contribution is -0.137. The van der Waals surface area contributed by atoms with Gasteiger partial charge >= 0.3 is 0 Å². The van der Waals surface area contributed by atoms with E-state index in [1.54, 1.807) is 20.3 Å². The molecule has 0 unspecified atom stereocenters. The Balaban J connectivity index is 1.68. The number of amides is 1. The van der Waals surface area contributed by atoms with Gasteiger partial charge in [0.2, 0.25) is 23.6 Å². The minimum atomic E-state index is 0.259. The predicted molar refractivity (Wildman–Crippen MR) is 85.9 cm³/mol. The van der Waals surface area contributed by atoms with Crippen molar-refractivity contribution in [1.82, 2.24) is 14.9 Å². The Hall–Kier alpha value is -2.05. The molecule has 1 aromatic rings. The van der Waals surface area contributed by atoms with Gasteiger partial charge in [0, 0.05) is 32.1 Å². The minimum absolute atomic E-state index is 0.259. The molecule has 1 saturated heterocycles. The summed E-state index contributed by atoms with van der Waals surface area (Å²) in [5.74, 6) is 2.15. The summed E-state index contributed by atoms with van der Waals surface area (Å²) >= 11 is 0. The molecule has 0 aromatic carbocycles. The molecule has 23 heavy (non-hydrogen) atoms. The average molecular weight is 320 g/mol. The van der Waals surface area contributed by atoms with Gasteiger partial charge in [-0.15, -0.1) is 0 Å². The largest absolute Gasteiger partial charge is 0.481 e. The first-order valence-corrected chi connectivity index (χ1v) is 8.22. The zero-order chi connectivity index (χ0) is 16.2. The molecule has 7 heteroatoms. The third-order valence-electron chi connectivity index (χ3n) is 4.63. The summed E-state index contributed by atoms with van der Waals surface area (Å²) in [6, 6.07) is 1.66. The summed E-state index contributed by atoms with van der Waals surface area (Å²) in [4.78, 5) is 25.3. The fourth-order valence-electron chi connectivity index (χ4n) is 2.99. The number of nitrogens with zero attached hydrogens (tertiary/aromatic N) is 4. The highest BCUT2D eigenvalue weighted by atomic mass is 16.5. The van der Waals surface area contributed by atoms with Crippen LogP contribution >= 0.6 is 0 Å². The van der Waals surface area contributed by atoms with E-state index in [1.807, 2.05) is 4.90 Å². The van der Waals surface area contributed by atoms with Gasteiger partial charge in [-0.1, -0.05) is 6.42 Å². The van der Waals surface area contributed by atoms with Crippen molar-refractivity contribution in [3.63, 3.8) is 0 Å². The fraction of sp³-hybridized carbons (Fsp3) is 0.688. The number of hydrogen-bond acceptors (Lipinski definition) is 6. The summed E-state index contributed by atoms with van der Waals surface area (Å²) in [6.07, 6.45) is 4.21. The van der Waals surface area contributed by atoms with Crippen molar-refractivity contribution in [3.05, 3.63) is 6.07 Å². The van der Waals surface area contributed by atoms with Crippen molar-refractivity contribution in [2.45, 2.75) is 25.7 Å². The first-order valence-electron chi connectivity index (χ1n) is 8.22. The molecule has 1 aliphatic heterocycles. The number of ether oxygens (including phenoxy) is 2. The van der Waals surface area contributed by atoms with Crippen LogP contribution in [0, 0.1) is 5.92 Å². The van der Waals surface area contributed by atoms with Gasteiger partial charge in [0.05, 0.1) is 20.3 Å². The lowest BCUT2D eigenvalue weighted by atomic mass is 9.84. The number of methoxy groups -OCH3 is 2. The van der Waals surface area contributed by atoms with Crippen LogP contribution in [0.5, 0.6) is 11.8 Å². The topological polar surface area (TPSA) is 67.8 Å². The maximum atomic E-state index is 12.4. The van der Waals surface area contributed by atoms with Crippen LogP contribution in [0.2, 0.25) is 0 Å². The molecule has 1 saturated carbocycles. The number of rotatable bonds is 4. The maximum Gasteiger partial charge on any atom is 0.232 e. The van der Waals surface area contributed by atoms with E-state index in [0.717, 1.165) is 45.4 Å². The molecule has 0 spiro atoms. The van der Waals surface area contributed by atoms with E-state index >= 15 is 0 Å². The molecular weight excluding hydrogens is 296 g/mol. The van der Waals surface area contributed by atoms with Gasteiger partial charge in [0.1, 0.15) is 0 Å². The van der Waals surface area contributed by atoms with E-state index in [-0.39, 0.29) is 5.92 Å². The van der Waals surface area contributed by atoms with Crippen LogP contribution in [0.4, 0.5) is 5.95 Å². The van der Waals surface area contributed by atoms with Crippen molar-refractivity contribution in [1.29, 1.82) is 0 Å². The molecule has 2 heterocycles. The zero-order valence-corrected chi connectivity index (χ0v) is 13.8. The second-order valence-electron chi connectivity index (χ2n) is 6.05. The van der Waals surface area contributed by atoms with Crippen molar-refractivity contribution in [2.24, 2.45) is 5.92 Å². The van der Waals surface area contributed by atoms with Crippen LogP contribution in [0.15, 0.2) is 6.07 Å². The van der Waals surface area contributed by atoms with Gasteiger partial charge in [0.25, 0.3) is 0 Å². The zero-order valence-electron chi connectivity index (χ0n) is 13.8. The van der Waals surface area contributed by atoms with Crippen LogP contribution in [0.25, 0.3) is 0 Å². The fourth-order valence-corrected chi connectivity index (χ4v) is 2.99. The van der Waals surface area contributed by atoms with Gasteiger partial charge in [-0.3, -0.25) is 4.79 Å². The molecule has 0 bridgehead atoms. The predicted octanol–water partition coefficient (Wildman–Crippen LogP) is 1.33. The normalized spacial score (nSPS) is 19.0. The summed E-state index contributed by atoms with van der Waals surface area (Å²) in [5, 5.41) is 0. The van der Waals surface area contributed by atoms with E-state index in [2.05, 4.69) is 14.9 Å². The average Bonchev–Trinajstić information content (AvgIpc) is 2.78. The Morgan fingerprint density at radius 3 is 2.30 bits per heavy atom. The van der Waals surface area contributed by atoms with Gasteiger partial charge in [-0.05, 0) is 19.3 Å². The van der Waals surface area contributed by atoms with Gasteiger partial charge < -0.3 is 19.3 Å². The van der Waals surface area contributed by atoms with Crippen LogP contribution in [-0.4, -0.2) is 61.2 Å². The Bertz CT molecular complexity index is 540.